The SMILES string of the molecule is NNC(CCC1CCCCC1)c1ccc2ccccc2c1. The van der Waals surface area contributed by atoms with Crippen LogP contribution in [-0.4, -0.2) is 0 Å². The Morgan fingerprint density at radius 1 is 1.00 bits per heavy atom. The summed E-state index contributed by atoms with van der Waals surface area (Å²) in [4.78, 5) is 0. The molecule has 21 heavy (non-hydrogen) atoms. The summed E-state index contributed by atoms with van der Waals surface area (Å²) in [5.74, 6) is 6.73. The van der Waals surface area contributed by atoms with E-state index in [-0.39, 0.29) is 6.04 Å². The van der Waals surface area contributed by atoms with E-state index in [1.54, 1.807) is 0 Å². The number of hydrogen-bond donors (Lipinski definition) is 2. The summed E-state index contributed by atoms with van der Waals surface area (Å²) in [6.45, 7) is 0. The van der Waals surface area contributed by atoms with Gasteiger partial charge in [0.25, 0.3) is 0 Å². The van der Waals surface area contributed by atoms with E-state index < -0.39 is 0 Å². The highest BCUT2D eigenvalue weighted by atomic mass is 15.2. The minimum absolute atomic E-state index is 0.275. The quantitative estimate of drug-likeness (QED) is 0.616. The lowest BCUT2D eigenvalue weighted by Crippen LogP contribution is -2.28. The summed E-state index contributed by atoms with van der Waals surface area (Å²) in [6, 6.07) is 15.5. The zero-order chi connectivity index (χ0) is 14.5. The summed E-state index contributed by atoms with van der Waals surface area (Å²) in [6.07, 6.45) is 9.52. The van der Waals surface area contributed by atoms with Gasteiger partial charge in [0.2, 0.25) is 0 Å². The van der Waals surface area contributed by atoms with Gasteiger partial charge in [0.1, 0.15) is 0 Å². The number of nitrogens with two attached hydrogens (primary N) is 1. The van der Waals surface area contributed by atoms with Gasteiger partial charge >= 0.3 is 0 Å². The fraction of sp³-hybridized carbons (Fsp3) is 0.474. The van der Waals surface area contributed by atoms with Crippen LogP contribution in [0.2, 0.25) is 0 Å². The van der Waals surface area contributed by atoms with Crippen molar-refractivity contribution in [1.29, 1.82) is 0 Å². The Morgan fingerprint density at radius 3 is 2.52 bits per heavy atom. The van der Waals surface area contributed by atoms with E-state index in [2.05, 4.69) is 47.9 Å². The molecule has 2 heteroatoms. The van der Waals surface area contributed by atoms with Gasteiger partial charge in [-0.05, 0) is 41.2 Å². The van der Waals surface area contributed by atoms with E-state index in [1.165, 1.54) is 54.9 Å². The van der Waals surface area contributed by atoms with Gasteiger partial charge in [0.05, 0.1) is 0 Å². The Labute approximate surface area is 127 Å². The molecule has 112 valence electrons. The molecule has 0 spiro atoms. The van der Waals surface area contributed by atoms with Crippen molar-refractivity contribution in [3.8, 4) is 0 Å². The van der Waals surface area contributed by atoms with E-state index in [9.17, 15) is 0 Å². The molecular weight excluding hydrogens is 256 g/mol. The highest BCUT2D eigenvalue weighted by Gasteiger charge is 2.16. The third kappa shape index (κ3) is 3.63. The Hall–Kier alpha value is -1.38. The van der Waals surface area contributed by atoms with Crippen LogP contribution in [0.15, 0.2) is 42.5 Å². The first-order chi connectivity index (χ1) is 10.4. The standard InChI is InChI=1S/C19H26N2/c20-21-19(13-10-15-6-2-1-3-7-15)18-12-11-16-8-4-5-9-17(16)14-18/h4-5,8-9,11-12,14-15,19,21H,1-3,6-7,10,13,20H2. The molecule has 2 nitrogen and oxygen atoms in total. The highest BCUT2D eigenvalue weighted by molar-refractivity contribution is 5.83. The van der Waals surface area contributed by atoms with Gasteiger partial charge in [0, 0.05) is 6.04 Å². The average Bonchev–Trinajstić information content (AvgIpc) is 2.56. The van der Waals surface area contributed by atoms with Crippen molar-refractivity contribution in [2.75, 3.05) is 0 Å². The smallest absolute Gasteiger partial charge is 0.0460 e. The van der Waals surface area contributed by atoms with Crippen LogP contribution in [0.1, 0.15) is 56.6 Å². The summed E-state index contributed by atoms with van der Waals surface area (Å²) >= 11 is 0. The first-order valence-corrected chi connectivity index (χ1v) is 8.31. The van der Waals surface area contributed by atoms with Crippen LogP contribution in [0.4, 0.5) is 0 Å². The van der Waals surface area contributed by atoms with Gasteiger partial charge in [0.15, 0.2) is 0 Å². The molecule has 1 unspecified atom stereocenters. The number of nitrogens with one attached hydrogen (secondary N) is 1. The molecule has 0 bridgehead atoms. The Morgan fingerprint density at radius 2 is 1.76 bits per heavy atom. The van der Waals surface area contributed by atoms with Gasteiger partial charge in [-0.3, -0.25) is 11.3 Å². The van der Waals surface area contributed by atoms with Crippen molar-refractivity contribution >= 4 is 10.8 Å². The summed E-state index contributed by atoms with van der Waals surface area (Å²) in [7, 11) is 0. The van der Waals surface area contributed by atoms with Crippen molar-refractivity contribution in [3.63, 3.8) is 0 Å². The normalized spacial score (nSPS) is 18.0. The molecule has 0 heterocycles. The predicted octanol–water partition coefficient (Wildman–Crippen LogP) is 4.70. The largest absolute Gasteiger partial charge is 0.271 e. The van der Waals surface area contributed by atoms with Crippen LogP contribution in [0.25, 0.3) is 10.8 Å². The molecule has 1 aliphatic carbocycles. The molecule has 2 aromatic rings. The Balaban J connectivity index is 1.68. The van der Waals surface area contributed by atoms with Crippen LogP contribution in [0.3, 0.4) is 0 Å². The number of hydrogen-bond acceptors (Lipinski definition) is 2. The molecule has 1 aliphatic rings. The lowest BCUT2D eigenvalue weighted by atomic mass is 9.84. The van der Waals surface area contributed by atoms with E-state index in [0.29, 0.717) is 0 Å². The van der Waals surface area contributed by atoms with E-state index in [0.717, 1.165) is 12.3 Å². The van der Waals surface area contributed by atoms with E-state index in [1.807, 2.05) is 0 Å². The highest BCUT2D eigenvalue weighted by Crippen LogP contribution is 2.30. The molecular formula is C19H26N2. The molecule has 2 aromatic carbocycles. The maximum absolute atomic E-state index is 5.81. The molecule has 1 fully saturated rings. The van der Waals surface area contributed by atoms with Gasteiger partial charge in [-0.15, -0.1) is 0 Å². The maximum Gasteiger partial charge on any atom is 0.0460 e. The van der Waals surface area contributed by atoms with Crippen LogP contribution in [0.5, 0.6) is 0 Å². The summed E-state index contributed by atoms with van der Waals surface area (Å²) in [5.41, 5.74) is 4.33. The first-order valence-electron chi connectivity index (χ1n) is 8.31. The number of benzene rings is 2. The minimum Gasteiger partial charge on any atom is -0.271 e. The second kappa shape index (κ2) is 7.06. The molecule has 0 saturated heterocycles. The van der Waals surface area contributed by atoms with Crippen molar-refractivity contribution in [3.05, 3.63) is 48.0 Å². The van der Waals surface area contributed by atoms with Crippen molar-refractivity contribution in [2.45, 2.75) is 51.0 Å². The molecule has 0 aromatic heterocycles. The van der Waals surface area contributed by atoms with Gasteiger partial charge < -0.3 is 0 Å². The van der Waals surface area contributed by atoms with Crippen molar-refractivity contribution in [1.82, 2.24) is 5.43 Å². The third-order valence-electron chi connectivity index (χ3n) is 4.97. The second-order valence-corrected chi connectivity index (χ2v) is 6.41. The third-order valence-corrected chi connectivity index (χ3v) is 4.97. The van der Waals surface area contributed by atoms with E-state index >= 15 is 0 Å². The molecule has 1 saturated carbocycles. The average molecular weight is 282 g/mol. The van der Waals surface area contributed by atoms with Crippen LogP contribution in [-0.2, 0) is 0 Å². The van der Waals surface area contributed by atoms with Crippen molar-refractivity contribution < 1.29 is 0 Å². The minimum atomic E-state index is 0.275. The summed E-state index contributed by atoms with van der Waals surface area (Å²) in [5, 5.41) is 2.59. The molecule has 0 aliphatic heterocycles. The van der Waals surface area contributed by atoms with Crippen LogP contribution < -0.4 is 11.3 Å². The maximum atomic E-state index is 5.81. The molecule has 3 N–H and O–H groups in total. The van der Waals surface area contributed by atoms with Crippen LogP contribution in [0, 0.1) is 5.92 Å². The molecule has 1 atom stereocenters. The number of hydrazine groups is 1. The number of rotatable bonds is 5. The topological polar surface area (TPSA) is 38.0 Å². The fourth-order valence-corrected chi connectivity index (χ4v) is 3.65. The summed E-state index contributed by atoms with van der Waals surface area (Å²) < 4.78 is 0. The fourth-order valence-electron chi connectivity index (χ4n) is 3.65. The lowest BCUT2D eigenvalue weighted by Gasteiger charge is -2.24. The number of fused-ring (bicyclic) bond motifs is 1. The predicted molar refractivity (Wildman–Crippen MR) is 89.8 cm³/mol. The lowest BCUT2D eigenvalue weighted by molar-refractivity contribution is 0.315. The van der Waals surface area contributed by atoms with Gasteiger partial charge in [-0.2, -0.15) is 0 Å². The second-order valence-electron chi connectivity index (χ2n) is 6.41. The first kappa shape index (κ1) is 14.6. The van der Waals surface area contributed by atoms with Gasteiger partial charge in [-0.25, -0.2) is 0 Å². The zero-order valence-electron chi connectivity index (χ0n) is 12.7. The van der Waals surface area contributed by atoms with Crippen molar-refractivity contribution in [2.24, 2.45) is 11.8 Å². The Bertz CT molecular complexity index is 573. The van der Waals surface area contributed by atoms with Crippen LogP contribution >= 0.6 is 0 Å². The molecule has 0 amide bonds. The monoisotopic (exact) mass is 282 g/mol. The molecule has 3 rings (SSSR count). The van der Waals surface area contributed by atoms with E-state index in [4.69, 9.17) is 5.84 Å². The Kier molecular flexibility index (Phi) is 4.89. The zero-order valence-corrected chi connectivity index (χ0v) is 12.7. The van der Waals surface area contributed by atoms with Gasteiger partial charge in [-0.1, -0.05) is 68.5 Å². The molecule has 0 radical (unpaired) electrons.